The van der Waals surface area contributed by atoms with Gasteiger partial charge in [0.05, 0.1) is 11.8 Å². The molecule has 1 saturated heterocycles. The van der Waals surface area contributed by atoms with Crippen LogP contribution in [-0.2, 0) is 12.8 Å². The Labute approximate surface area is 182 Å². The molecule has 2 aliphatic rings. The third kappa shape index (κ3) is 4.20. The van der Waals surface area contributed by atoms with Gasteiger partial charge >= 0.3 is 0 Å². The average Bonchev–Trinajstić information content (AvgIpc) is 3.34. The van der Waals surface area contributed by atoms with Gasteiger partial charge in [0, 0.05) is 18.0 Å². The van der Waals surface area contributed by atoms with Crippen molar-refractivity contribution in [1.29, 1.82) is 0 Å². The summed E-state index contributed by atoms with van der Waals surface area (Å²) in [5.41, 5.74) is 2.10. The van der Waals surface area contributed by atoms with Crippen LogP contribution >= 0.6 is 11.3 Å². The molecule has 4 rings (SSSR count). The topological polar surface area (TPSA) is 62.6 Å². The Morgan fingerprint density at radius 3 is 2.73 bits per heavy atom. The van der Waals surface area contributed by atoms with Crippen LogP contribution in [0, 0.1) is 17.3 Å². The first kappa shape index (κ1) is 21.2. The average molecular weight is 429 g/mol. The number of nitrogens with one attached hydrogen (secondary N) is 1. The molecule has 2 atom stereocenters. The van der Waals surface area contributed by atoms with Gasteiger partial charge in [-0.15, -0.1) is 11.3 Å². The first-order valence-electron chi connectivity index (χ1n) is 11.0. The summed E-state index contributed by atoms with van der Waals surface area (Å²) in [5, 5.41) is 3.67. The van der Waals surface area contributed by atoms with Crippen LogP contribution in [-0.4, -0.2) is 29.8 Å². The van der Waals surface area contributed by atoms with Crippen molar-refractivity contribution >= 4 is 28.2 Å². The minimum absolute atomic E-state index is 0.0722. The van der Waals surface area contributed by atoms with Gasteiger partial charge in [0.15, 0.2) is 5.76 Å². The molecule has 1 aliphatic heterocycles. The molecule has 5 nitrogen and oxygen atoms in total. The molecule has 0 bridgehead atoms. The normalized spacial score (nSPS) is 21.9. The van der Waals surface area contributed by atoms with Gasteiger partial charge in [-0.3, -0.25) is 9.59 Å². The number of hydrogen-bond donors (Lipinski definition) is 1. The van der Waals surface area contributed by atoms with Crippen molar-refractivity contribution in [1.82, 2.24) is 4.90 Å². The molecule has 1 aliphatic carbocycles. The highest BCUT2D eigenvalue weighted by Crippen LogP contribution is 2.45. The molecular weight excluding hydrogens is 396 g/mol. The van der Waals surface area contributed by atoms with Crippen LogP contribution in [0.25, 0.3) is 0 Å². The lowest BCUT2D eigenvalue weighted by atomic mass is 9.72. The summed E-state index contributed by atoms with van der Waals surface area (Å²) in [5.74, 6) is 1.13. The number of carbonyl (C=O) groups is 2. The molecule has 2 aromatic rings. The van der Waals surface area contributed by atoms with Crippen molar-refractivity contribution in [3.05, 3.63) is 40.2 Å². The molecule has 30 heavy (non-hydrogen) atoms. The van der Waals surface area contributed by atoms with Crippen molar-refractivity contribution in [2.75, 3.05) is 18.4 Å². The molecule has 2 aromatic heterocycles. The van der Waals surface area contributed by atoms with Gasteiger partial charge in [-0.05, 0) is 67.1 Å². The Morgan fingerprint density at radius 1 is 1.27 bits per heavy atom. The summed E-state index contributed by atoms with van der Waals surface area (Å²) in [7, 11) is 0. The minimum Gasteiger partial charge on any atom is -0.459 e. The number of fused-ring (bicyclic) bond motifs is 1. The van der Waals surface area contributed by atoms with Gasteiger partial charge in [0.1, 0.15) is 5.00 Å². The second-order valence-corrected chi connectivity index (χ2v) is 11.0. The maximum absolute atomic E-state index is 13.6. The van der Waals surface area contributed by atoms with Gasteiger partial charge in [-0.25, -0.2) is 0 Å². The predicted octanol–water partition coefficient (Wildman–Crippen LogP) is 5.62. The number of carbonyl (C=O) groups excluding carboxylic acids is 2. The highest BCUT2D eigenvalue weighted by Gasteiger charge is 2.36. The molecule has 162 valence electrons. The summed E-state index contributed by atoms with van der Waals surface area (Å²) < 4.78 is 5.26. The first-order chi connectivity index (χ1) is 14.2. The van der Waals surface area contributed by atoms with Crippen LogP contribution in [0.5, 0.6) is 0 Å². The van der Waals surface area contributed by atoms with E-state index in [-0.39, 0.29) is 23.0 Å². The number of amides is 2. The van der Waals surface area contributed by atoms with E-state index < -0.39 is 0 Å². The fraction of sp³-hybridized carbons (Fsp3) is 0.583. The maximum Gasteiger partial charge on any atom is 0.291 e. The number of likely N-dealkylation sites (tertiary alicyclic amines) is 1. The van der Waals surface area contributed by atoms with E-state index in [9.17, 15) is 9.59 Å². The second kappa shape index (κ2) is 8.22. The summed E-state index contributed by atoms with van der Waals surface area (Å²) in [4.78, 5) is 29.5. The maximum atomic E-state index is 13.6. The quantitative estimate of drug-likeness (QED) is 0.690. The fourth-order valence-electron chi connectivity index (χ4n) is 4.74. The van der Waals surface area contributed by atoms with Crippen LogP contribution in [0.2, 0.25) is 0 Å². The third-order valence-corrected chi connectivity index (χ3v) is 7.79. The van der Waals surface area contributed by atoms with Crippen LogP contribution < -0.4 is 5.32 Å². The van der Waals surface area contributed by atoms with Crippen molar-refractivity contribution in [2.24, 2.45) is 17.3 Å². The predicted molar refractivity (Wildman–Crippen MR) is 120 cm³/mol. The molecule has 1 N–H and O–H groups in total. The van der Waals surface area contributed by atoms with E-state index in [4.69, 9.17) is 4.42 Å². The third-order valence-electron chi connectivity index (χ3n) is 6.62. The molecule has 0 aromatic carbocycles. The second-order valence-electron chi connectivity index (χ2n) is 9.94. The Morgan fingerprint density at radius 2 is 2.07 bits per heavy atom. The van der Waals surface area contributed by atoms with E-state index in [1.807, 2.05) is 4.90 Å². The van der Waals surface area contributed by atoms with Gasteiger partial charge in [0.2, 0.25) is 0 Å². The number of hydrogen-bond acceptors (Lipinski definition) is 4. The van der Waals surface area contributed by atoms with E-state index >= 15 is 0 Å². The zero-order chi connectivity index (χ0) is 21.5. The summed E-state index contributed by atoms with van der Waals surface area (Å²) in [6.07, 6.45) is 6.64. The van der Waals surface area contributed by atoms with Crippen LogP contribution in [0.3, 0.4) is 0 Å². The minimum atomic E-state index is -0.299. The SMILES string of the molecule is CC1CCCN(C(=O)c2c(NC(=O)c3ccco3)sc3c2CCC(C(C)(C)C)C3)C1. The van der Waals surface area contributed by atoms with Gasteiger partial charge in [-0.2, -0.15) is 0 Å². The highest BCUT2D eigenvalue weighted by atomic mass is 32.1. The monoisotopic (exact) mass is 428 g/mol. The van der Waals surface area contributed by atoms with Gasteiger partial charge in [-0.1, -0.05) is 27.7 Å². The Hall–Kier alpha value is -2.08. The Kier molecular flexibility index (Phi) is 5.80. The zero-order valence-corrected chi connectivity index (χ0v) is 19.2. The lowest BCUT2D eigenvalue weighted by Crippen LogP contribution is -2.39. The number of nitrogens with zero attached hydrogens (tertiary/aromatic N) is 1. The molecular formula is C24H32N2O3S. The van der Waals surface area contributed by atoms with E-state index in [1.54, 1.807) is 23.5 Å². The standard InChI is InChI=1S/C24H32N2O3S/c1-15-7-5-11-26(14-15)23(28)20-17-10-9-16(24(2,3)4)13-19(17)30-22(20)25-21(27)18-8-6-12-29-18/h6,8,12,15-16H,5,7,9-11,13-14H2,1-4H3,(H,25,27). The summed E-state index contributed by atoms with van der Waals surface area (Å²) >= 11 is 1.58. The smallest absolute Gasteiger partial charge is 0.291 e. The summed E-state index contributed by atoms with van der Waals surface area (Å²) in [6, 6.07) is 3.34. The molecule has 2 unspecified atom stereocenters. The van der Waals surface area contributed by atoms with E-state index in [0.717, 1.165) is 49.9 Å². The Balaban J connectivity index is 1.68. The van der Waals surface area contributed by atoms with Crippen molar-refractivity contribution in [3.8, 4) is 0 Å². The van der Waals surface area contributed by atoms with E-state index in [1.165, 1.54) is 17.6 Å². The molecule has 3 heterocycles. The van der Waals surface area contributed by atoms with E-state index in [0.29, 0.717) is 16.8 Å². The molecule has 6 heteroatoms. The molecule has 0 radical (unpaired) electrons. The molecule has 1 fully saturated rings. The Bertz CT molecular complexity index is 923. The molecule has 0 spiro atoms. The lowest BCUT2D eigenvalue weighted by molar-refractivity contribution is 0.0683. The van der Waals surface area contributed by atoms with Crippen LogP contribution in [0.4, 0.5) is 5.00 Å². The van der Waals surface area contributed by atoms with Crippen LogP contribution in [0.1, 0.15) is 78.3 Å². The zero-order valence-electron chi connectivity index (χ0n) is 18.4. The van der Waals surface area contributed by atoms with Crippen molar-refractivity contribution in [2.45, 2.75) is 59.8 Å². The highest BCUT2D eigenvalue weighted by molar-refractivity contribution is 7.17. The molecule has 2 amide bonds. The number of piperidine rings is 1. The first-order valence-corrected chi connectivity index (χ1v) is 11.8. The number of anilines is 1. The van der Waals surface area contributed by atoms with Crippen LogP contribution in [0.15, 0.2) is 22.8 Å². The van der Waals surface area contributed by atoms with Crippen molar-refractivity contribution in [3.63, 3.8) is 0 Å². The van der Waals surface area contributed by atoms with Crippen molar-refractivity contribution < 1.29 is 14.0 Å². The van der Waals surface area contributed by atoms with Gasteiger partial charge < -0.3 is 14.6 Å². The van der Waals surface area contributed by atoms with E-state index in [2.05, 4.69) is 33.0 Å². The number of thiophene rings is 1. The molecule has 0 saturated carbocycles. The van der Waals surface area contributed by atoms with Gasteiger partial charge in [0.25, 0.3) is 11.8 Å². The largest absolute Gasteiger partial charge is 0.459 e. The summed E-state index contributed by atoms with van der Waals surface area (Å²) in [6.45, 7) is 10.7. The fourth-order valence-corrected chi connectivity index (χ4v) is 6.06. The number of furan rings is 1. The number of rotatable bonds is 3. The lowest BCUT2D eigenvalue weighted by Gasteiger charge is -2.34.